The predicted molar refractivity (Wildman–Crippen MR) is 128 cm³/mol. The van der Waals surface area contributed by atoms with Crippen LogP contribution in [0.3, 0.4) is 0 Å². The van der Waals surface area contributed by atoms with Gasteiger partial charge in [-0.15, -0.1) is 0 Å². The van der Waals surface area contributed by atoms with E-state index in [1.165, 1.54) is 0 Å². The smallest absolute Gasteiger partial charge is 0.269 e. The number of benzene rings is 3. The van der Waals surface area contributed by atoms with Crippen molar-refractivity contribution in [1.82, 2.24) is 5.16 Å². The van der Waals surface area contributed by atoms with Gasteiger partial charge in [0.1, 0.15) is 6.73 Å². The van der Waals surface area contributed by atoms with E-state index in [-0.39, 0.29) is 24.1 Å². The Morgan fingerprint density at radius 3 is 2.36 bits per heavy atom. The lowest BCUT2D eigenvalue weighted by molar-refractivity contribution is 0.0744. The zero-order valence-electron chi connectivity index (χ0n) is 18.8. The zero-order chi connectivity index (χ0) is 23.4. The molecule has 33 heavy (non-hydrogen) atoms. The fraction of sp³-hybridized carbons (Fsp3) is 0.240. The van der Waals surface area contributed by atoms with E-state index >= 15 is 0 Å². The molecule has 0 saturated heterocycles. The summed E-state index contributed by atoms with van der Waals surface area (Å²) in [5.74, 6) is 0.137. The van der Waals surface area contributed by atoms with Crippen molar-refractivity contribution in [3.8, 4) is 11.1 Å². The van der Waals surface area contributed by atoms with Gasteiger partial charge in [0.2, 0.25) is 5.88 Å². The lowest BCUT2D eigenvalue weighted by Gasteiger charge is -2.23. The van der Waals surface area contributed by atoms with Gasteiger partial charge in [-0.25, -0.2) is 12.7 Å². The van der Waals surface area contributed by atoms with Crippen LogP contribution in [-0.2, 0) is 19.5 Å². The molecule has 0 N–H and O–H groups in total. The normalized spacial score (nSPS) is 11.7. The van der Waals surface area contributed by atoms with Crippen molar-refractivity contribution >= 4 is 26.7 Å². The van der Waals surface area contributed by atoms with Crippen LogP contribution in [0.25, 0.3) is 21.9 Å². The molecule has 0 saturated carbocycles. The van der Waals surface area contributed by atoms with Gasteiger partial charge in [0.15, 0.2) is 0 Å². The summed E-state index contributed by atoms with van der Waals surface area (Å²) < 4.78 is 45.2. The molecular formula is C25H26N2O5S. The van der Waals surface area contributed by atoms with Crippen molar-refractivity contribution in [2.45, 2.75) is 18.7 Å². The number of nitrogens with zero attached hydrogens (tertiary/aromatic N) is 2. The van der Waals surface area contributed by atoms with Crippen molar-refractivity contribution in [2.75, 3.05) is 31.4 Å². The molecule has 0 fully saturated rings. The van der Waals surface area contributed by atoms with Crippen molar-refractivity contribution in [2.24, 2.45) is 0 Å². The number of sulfonamides is 1. The molecule has 0 radical (unpaired) electrons. The maximum atomic E-state index is 14.0. The number of aryl methyl sites for hydroxylation is 1. The second-order valence-electron chi connectivity index (χ2n) is 7.60. The number of methoxy groups -OCH3 is 1. The number of hydrogen-bond acceptors (Lipinski definition) is 6. The molecule has 7 nitrogen and oxygen atoms in total. The summed E-state index contributed by atoms with van der Waals surface area (Å²) in [6.45, 7) is 3.89. The molecule has 4 aromatic rings. The third-order valence-electron chi connectivity index (χ3n) is 5.53. The Hall–Kier alpha value is -3.20. The standard InChI is InChI=1S/C25H26N2O5S/c1-18-19(2)26-32-25(18)27(17-31-16-15-30-3)33(28,29)24-14-7-6-12-23(24)22-13-8-10-20-9-4-5-11-21(20)22/h4-14H,15-17H2,1-3H3. The quantitative estimate of drug-likeness (QED) is 0.257. The number of fused-ring (bicyclic) bond motifs is 1. The molecule has 8 heteroatoms. The second-order valence-corrected chi connectivity index (χ2v) is 9.44. The van der Waals surface area contributed by atoms with E-state index in [1.54, 1.807) is 33.1 Å². The monoisotopic (exact) mass is 466 g/mol. The molecular weight excluding hydrogens is 440 g/mol. The second kappa shape index (κ2) is 9.74. The van der Waals surface area contributed by atoms with Gasteiger partial charge in [-0.05, 0) is 36.2 Å². The Morgan fingerprint density at radius 1 is 0.909 bits per heavy atom. The largest absolute Gasteiger partial charge is 0.382 e. The summed E-state index contributed by atoms with van der Waals surface area (Å²) in [4.78, 5) is 0.158. The highest BCUT2D eigenvalue weighted by Gasteiger charge is 2.32. The summed E-state index contributed by atoms with van der Waals surface area (Å²) in [5, 5.41) is 5.95. The summed E-state index contributed by atoms with van der Waals surface area (Å²) in [6.07, 6.45) is 0. The molecule has 0 aliphatic carbocycles. The number of anilines is 1. The molecule has 1 aromatic heterocycles. The predicted octanol–water partition coefficient (Wildman–Crippen LogP) is 4.93. The van der Waals surface area contributed by atoms with Gasteiger partial charge in [0.25, 0.3) is 10.0 Å². The fourth-order valence-electron chi connectivity index (χ4n) is 3.66. The number of rotatable bonds is 9. The van der Waals surface area contributed by atoms with Crippen LogP contribution in [0.4, 0.5) is 5.88 Å². The minimum atomic E-state index is -4.06. The van der Waals surface area contributed by atoms with Crippen LogP contribution in [0.1, 0.15) is 11.3 Å². The van der Waals surface area contributed by atoms with Gasteiger partial charge in [0, 0.05) is 18.2 Å². The lowest BCUT2D eigenvalue weighted by Crippen LogP contribution is -2.34. The van der Waals surface area contributed by atoms with Gasteiger partial charge >= 0.3 is 0 Å². The SMILES string of the molecule is COCCOCN(c1onc(C)c1C)S(=O)(=O)c1ccccc1-c1cccc2ccccc12. The van der Waals surface area contributed by atoms with Crippen molar-refractivity contribution in [3.63, 3.8) is 0 Å². The molecule has 0 aliphatic rings. The summed E-state index contributed by atoms with van der Waals surface area (Å²) in [7, 11) is -2.51. The summed E-state index contributed by atoms with van der Waals surface area (Å²) in [6, 6.07) is 20.7. The molecule has 0 unspecified atom stereocenters. The Labute approximate surface area is 193 Å². The molecule has 0 atom stereocenters. The van der Waals surface area contributed by atoms with Crippen molar-refractivity contribution in [3.05, 3.63) is 78.0 Å². The highest BCUT2D eigenvalue weighted by molar-refractivity contribution is 7.93. The Bertz CT molecular complexity index is 1360. The minimum Gasteiger partial charge on any atom is -0.382 e. The molecule has 172 valence electrons. The Balaban J connectivity index is 1.85. The lowest BCUT2D eigenvalue weighted by atomic mass is 9.98. The molecule has 1 heterocycles. The summed E-state index contributed by atoms with van der Waals surface area (Å²) in [5.41, 5.74) is 2.68. The first-order valence-corrected chi connectivity index (χ1v) is 12.0. The van der Waals surface area contributed by atoms with Crippen LogP contribution in [-0.4, -0.2) is 40.6 Å². The Morgan fingerprint density at radius 2 is 1.61 bits per heavy atom. The van der Waals surface area contributed by atoms with E-state index in [2.05, 4.69) is 5.16 Å². The molecule has 0 amide bonds. The zero-order valence-corrected chi connectivity index (χ0v) is 19.6. The maximum absolute atomic E-state index is 14.0. The van der Waals surface area contributed by atoms with Gasteiger partial charge in [0.05, 0.1) is 23.8 Å². The van der Waals surface area contributed by atoms with Crippen LogP contribution in [0.5, 0.6) is 0 Å². The van der Waals surface area contributed by atoms with E-state index in [9.17, 15) is 8.42 Å². The number of aromatic nitrogens is 1. The van der Waals surface area contributed by atoms with E-state index in [4.69, 9.17) is 14.0 Å². The molecule has 3 aromatic carbocycles. The first-order chi connectivity index (χ1) is 15.9. The van der Waals surface area contributed by atoms with Crippen LogP contribution in [0.15, 0.2) is 76.1 Å². The fourth-order valence-corrected chi connectivity index (χ4v) is 5.20. The first-order valence-electron chi connectivity index (χ1n) is 10.5. The molecule has 4 rings (SSSR count). The van der Waals surface area contributed by atoms with Gasteiger partial charge in [-0.2, -0.15) is 0 Å². The molecule has 0 bridgehead atoms. The highest BCUT2D eigenvalue weighted by Crippen LogP contribution is 2.36. The topological polar surface area (TPSA) is 81.9 Å². The average Bonchev–Trinajstić information content (AvgIpc) is 3.16. The summed E-state index contributed by atoms with van der Waals surface area (Å²) >= 11 is 0. The Kier molecular flexibility index (Phi) is 6.78. The molecule has 0 spiro atoms. The van der Waals surface area contributed by atoms with E-state index in [0.717, 1.165) is 20.6 Å². The third kappa shape index (κ3) is 4.50. The third-order valence-corrected chi connectivity index (χ3v) is 7.30. The van der Waals surface area contributed by atoms with Crippen LogP contribution < -0.4 is 4.31 Å². The van der Waals surface area contributed by atoms with Gasteiger partial charge in [-0.3, -0.25) is 0 Å². The van der Waals surface area contributed by atoms with E-state index in [0.29, 0.717) is 23.4 Å². The van der Waals surface area contributed by atoms with Gasteiger partial charge < -0.3 is 14.0 Å². The van der Waals surface area contributed by atoms with Crippen molar-refractivity contribution < 1.29 is 22.4 Å². The van der Waals surface area contributed by atoms with Crippen LogP contribution in [0.2, 0.25) is 0 Å². The van der Waals surface area contributed by atoms with E-state index in [1.807, 2.05) is 54.6 Å². The van der Waals surface area contributed by atoms with Crippen LogP contribution in [0, 0.1) is 13.8 Å². The minimum absolute atomic E-state index is 0.137. The van der Waals surface area contributed by atoms with Crippen LogP contribution >= 0.6 is 0 Å². The maximum Gasteiger partial charge on any atom is 0.269 e. The number of ether oxygens (including phenoxy) is 2. The average molecular weight is 467 g/mol. The number of hydrogen-bond donors (Lipinski definition) is 0. The highest BCUT2D eigenvalue weighted by atomic mass is 32.2. The van der Waals surface area contributed by atoms with Crippen molar-refractivity contribution in [1.29, 1.82) is 0 Å². The molecule has 0 aliphatic heterocycles. The first kappa shape index (κ1) is 23.0. The van der Waals surface area contributed by atoms with Gasteiger partial charge in [-0.1, -0.05) is 65.8 Å². The van der Waals surface area contributed by atoms with E-state index < -0.39 is 10.0 Å².